The Hall–Kier alpha value is -4.39. The van der Waals surface area contributed by atoms with Crippen LogP contribution in [0.25, 0.3) is 0 Å². The van der Waals surface area contributed by atoms with Crippen LogP contribution in [-0.2, 0) is 48.3 Å². The second-order valence-electron chi connectivity index (χ2n) is 10.7. The number of hydrogen-bond acceptors (Lipinski definition) is 9. The Morgan fingerprint density at radius 3 is 1.89 bits per heavy atom. The van der Waals surface area contributed by atoms with Crippen LogP contribution in [0.4, 0.5) is 0 Å². The maximum absolute atomic E-state index is 13.1. The molecule has 0 spiro atoms. The van der Waals surface area contributed by atoms with Gasteiger partial charge in [-0.2, -0.15) is 0 Å². The van der Waals surface area contributed by atoms with E-state index in [0.717, 1.165) is 16.7 Å². The third kappa shape index (κ3) is 8.21. The highest BCUT2D eigenvalue weighted by Gasteiger charge is 2.52. The molecule has 1 saturated heterocycles. The summed E-state index contributed by atoms with van der Waals surface area (Å²) in [6.07, 6.45) is -2.29. The number of rotatable bonds is 13. The van der Waals surface area contributed by atoms with E-state index in [9.17, 15) is 14.4 Å². The number of methoxy groups -OCH3 is 1. The molecule has 0 unspecified atom stereocenters. The molecule has 0 aliphatic carbocycles. The molecular formula is C34H37N3O8. The molecule has 11 heteroatoms. The van der Waals surface area contributed by atoms with E-state index in [2.05, 4.69) is 4.98 Å². The number of carbonyl (C=O) groups excluding carboxylic acids is 1. The summed E-state index contributed by atoms with van der Waals surface area (Å²) in [5, 5.41) is 0. The van der Waals surface area contributed by atoms with Crippen molar-refractivity contribution in [2.45, 2.75) is 50.4 Å². The van der Waals surface area contributed by atoms with Crippen LogP contribution in [0, 0.1) is 5.92 Å². The van der Waals surface area contributed by atoms with Crippen molar-refractivity contribution < 1.29 is 28.5 Å². The van der Waals surface area contributed by atoms with E-state index in [1.165, 1.54) is 23.9 Å². The average molecular weight is 616 g/mol. The van der Waals surface area contributed by atoms with Crippen molar-refractivity contribution in [2.24, 2.45) is 11.7 Å². The van der Waals surface area contributed by atoms with Crippen LogP contribution < -0.4 is 17.0 Å². The Kier molecular flexibility index (Phi) is 11.1. The van der Waals surface area contributed by atoms with Gasteiger partial charge in [0, 0.05) is 12.3 Å². The normalized spacial score (nSPS) is 22.0. The van der Waals surface area contributed by atoms with Gasteiger partial charge in [0.05, 0.1) is 45.6 Å². The first-order valence-corrected chi connectivity index (χ1v) is 14.7. The molecular weight excluding hydrogens is 578 g/mol. The molecule has 5 rings (SSSR count). The molecule has 1 aromatic heterocycles. The Labute approximate surface area is 260 Å². The number of nitrogens with two attached hydrogens (primary N) is 1. The first kappa shape index (κ1) is 32.0. The van der Waals surface area contributed by atoms with Gasteiger partial charge in [-0.3, -0.25) is 19.1 Å². The zero-order chi connectivity index (χ0) is 31.6. The van der Waals surface area contributed by atoms with Crippen LogP contribution in [0.15, 0.2) is 113 Å². The van der Waals surface area contributed by atoms with E-state index in [1.807, 2.05) is 91.0 Å². The number of benzene rings is 3. The third-order valence-corrected chi connectivity index (χ3v) is 7.69. The van der Waals surface area contributed by atoms with Crippen LogP contribution >= 0.6 is 0 Å². The van der Waals surface area contributed by atoms with Gasteiger partial charge in [-0.1, -0.05) is 91.0 Å². The van der Waals surface area contributed by atoms with Crippen LogP contribution in [-0.4, -0.2) is 53.6 Å². The number of hydrogen-bond donors (Lipinski definition) is 2. The number of nitrogens with one attached hydrogen (secondary N) is 1. The fourth-order valence-corrected chi connectivity index (χ4v) is 5.44. The topological polar surface area (TPSA) is 144 Å². The Balaban J connectivity index is 1.55. The molecule has 6 atom stereocenters. The van der Waals surface area contributed by atoms with E-state index < -0.39 is 53.7 Å². The van der Waals surface area contributed by atoms with Crippen molar-refractivity contribution in [2.75, 3.05) is 13.7 Å². The first-order chi connectivity index (χ1) is 21.9. The molecule has 1 fully saturated rings. The molecule has 236 valence electrons. The van der Waals surface area contributed by atoms with Gasteiger partial charge in [-0.25, -0.2) is 4.79 Å². The predicted molar refractivity (Wildman–Crippen MR) is 165 cm³/mol. The standard InChI is InChI=1S/C34H37N3O8/c1-41-33(39)29(35)28-31(44-21-25-15-9-4-10-16-25)30(43-20-24-13-7-3-8-14-24)26(22-42-19-23-11-5-2-6-12-23)45-32(28)37-18-17-27(38)36-34(37)40/h2-18,26,28-32H,19-22,35H2,1H3,(H,36,38,40)/t26-,28-,29-,30-,31-,32-/m1/s1. The van der Waals surface area contributed by atoms with Gasteiger partial charge in [0.15, 0.2) is 0 Å². The molecule has 3 N–H and O–H groups in total. The van der Waals surface area contributed by atoms with E-state index in [4.69, 9.17) is 29.4 Å². The summed E-state index contributed by atoms with van der Waals surface area (Å²) >= 11 is 0. The summed E-state index contributed by atoms with van der Waals surface area (Å²) in [6, 6.07) is 28.7. The lowest BCUT2D eigenvalue weighted by Gasteiger charge is -2.48. The second-order valence-corrected chi connectivity index (χ2v) is 10.7. The highest BCUT2D eigenvalue weighted by molar-refractivity contribution is 5.76. The van der Waals surface area contributed by atoms with E-state index in [1.54, 1.807) is 0 Å². The molecule has 45 heavy (non-hydrogen) atoms. The van der Waals surface area contributed by atoms with Crippen LogP contribution in [0.3, 0.4) is 0 Å². The fourth-order valence-electron chi connectivity index (χ4n) is 5.44. The highest BCUT2D eigenvalue weighted by Crippen LogP contribution is 2.39. The Morgan fingerprint density at radius 2 is 1.36 bits per heavy atom. The summed E-state index contributed by atoms with van der Waals surface area (Å²) in [5.41, 5.74) is 8.00. The molecule has 4 aromatic rings. The van der Waals surface area contributed by atoms with Gasteiger partial charge >= 0.3 is 11.7 Å². The van der Waals surface area contributed by atoms with E-state index in [-0.39, 0.29) is 19.8 Å². The Bertz CT molecular complexity index is 1610. The number of nitrogens with zero attached hydrogens (tertiary/aromatic N) is 1. The van der Waals surface area contributed by atoms with Crippen LogP contribution in [0.5, 0.6) is 0 Å². The summed E-state index contributed by atoms with van der Waals surface area (Å²) in [6.45, 7) is 0.731. The number of aromatic nitrogens is 2. The largest absolute Gasteiger partial charge is 0.468 e. The number of ether oxygens (including phenoxy) is 5. The highest BCUT2D eigenvalue weighted by atomic mass is 16.6. The SMILES string of the molecule is COC(=O)[C@H](N)[C@@H]1[C@@H](OCc2ccccc2)[C@H](OCc2ccccc2)[C@@H](COCc2ccccc2)O[C@H]1n1ccc(=O)[nH]c1=O. The number of H-pyrrole nitrogens is 1. The second kappa shape index (κ2) is 15.6. The molecule has 1 aliphatic rings. The molecule has 11 nitrogen and oxygen atoms in total. The molecule has 1 aliphatic heterocycles. The van der Waals surface area contributed by atoms with Crippen molar-refractivity contribution in [1.82, 2.24) is 9.55 Å². The lowest BCUT2D eigenvalue weighted by atomic mass is 9.83. The van der Waals surface area contributed by atoms with Crippen LogP contribution in [0.1, 0.15) is 22.9 Å². The van der Waals surface area contributed by atoms with Crippen molar-refractivity contribution in [3.63, 3.8) is 0 Å². The maximum Gasteiger partial charge on any atom is 0.330 e. The molecule has 0 amide bonds. The van der Waals surface area contributed by atoms with Crippen molar-refractivity contribution in [3.8, 4) is 0 Å². The van der Waals surface area contributed by atoms with Gasteiger partial charge in [-0.05, 0) is 16.7 Å². The quantitative estimate of drug-likeness (QED) is 0.217. The molecule has 0 bridgehead atoms. The van der Waals surface area contributed by atoms with Gasteiger partial charge in [0.1, 0.15) is 24.5 Å². The summed E-state index contributed by atoms with van der Waals surface area (Å²) in [4.78, 5) is 40.3. The average Bonchev–Trinajstić information content (AvgIpc) is 3.07. The molecule has 0 radical (unpaired) electrons. The number of esters is 1. The van der Waals surface area contributed by atoms with Crippen molar-refractivity contribution >= 4 is 5.97 Å². The zero-order valence-electron chi connectivity index (χ0n) is 24.9. The molecule has 2 heterocycles. The zero-order valence-corrected chi connectivity index (χ0v) is 24.9. The molecule has 3 aromatic carbocycles. The third-order valence-electron chi connectivity index (χ3n) is 7.69. The van der Waals surface area contributed by atoms with Gasteiger partial charge in [0.2, 0.25) is 0 Å². The summed E-state index contributed by atoms with van der Waals surface area (Å²) in [7, 11) is 1.23. The lowest BCUT2D eigenvalue weighted by molar-refractivity contribution is -0.267. The molecule has 0 saturated carbocycles. The van der Waals surface area contributed by atoms with E-state index >= 15 is 0 Å². The van der Waals surface area contributed by atoms with Gasteiger partial charge in [-0.15, -0.1) is 0 Å². The maximum atomic E-state index is 13.1. The minimum absolute atomic E-state index is 0.0638. The van der Waals surface area contributed by atoms with Crippen molar-refractivity contribution in [1.29, 1.82) is 0 Å². The first-order valence-electron chi connectivity index (χ1n) is 14.7. The lowest BCUT2D eigenvalue weighted by Crippen LogP contribution is -2.62. The minimum Gasteiger partial charge on any atom is -0.468 e. The van der Waals surface area contributed by atoms with Crippen LogP contribution in [0.2, 0.25) is 0 Å². The summed E-state index contributed by atoms with van der Waals surface area (Å²) in [5.74, 6) is -1.70. The predicted octanol–water partition coefficient (Wildman–Crippen LogP) is 2.94. The summed E-state index contributed by atoms with van der Waals surface area (Å²) < 4.78 is 32.0. The monoisotopic (exact) mass is 615 g/mol. The smallest absolute Gasteiger partial charge is 0.330 e. The van der Waals surface area contributed by atoms with Gasteiger partial charge < -0.3 is 29.4 Å². The minimum atomic E-state index is -1.28. The number of carbonyl (C=O) groups is 1. The fraction of sp³-hybridized carbons (Fsp3) is 0.324. The van der Waals surface area contributed by atoms with Gasteiger partial charge in [0.25, 0.3) is 5.56 Å². The number of aromatic amines is 1. The van der Waals surface area contributed by atoms with Crippen molar-refractivity contribution in [3.05, 3.63) is 141 Å². The Morgan fingerprint density at radius 1 is 0.822 bits per heavy atom. The van der Waals surface area contributed by atoms with E-state index in [0.29, 0.717) is 6.61 Å².